The standard InChI is InChI=1S/C24H28N4O4S/c1-24(2,3)19-11-9-18(10-12-19)16-28(33(31,32)21-7-5-13-25-14-21)17-20-6-4-8-22(27-20)26-15-23(29)30/h4-14H,15-17H2,1-3H3,(H,26,27)(H,29,30). The lowest BCUT2D eigenvalue weighted by atomic mass is 9.87. The number of sulfonamides is 1. The van der Waals surface area contributed by atoms with E-state index < -0.39 is 16.0 Å². The van der Waals surface area contributed by atoms with Crippen molar-refractivity contribution < 1.29 is 18.3 Å². The number of pyridine rings is 2. The number of rotatable bonds is 9. The summed E-state index contributed by atoms with van der Waals surface area (Å²) in [6.07, 6.45) is 2.84. The van der Waals surface area contributed by atoms with Crippen LogP contribution < -0.4 is 5.32 Å². The van der Waals surface area contributed by atoms with Crippen molar-refractivity contribution >= 4 is 21.8 Å². The Balaban J connectivity index is 1.91. The van der Waals surface area contributed by atoms with Gasteiger partial charge < -0.3 is 10.4 Å². The number of aromatic nitrogens is 2. The second-order valence-electron chi connectivity index (χ2n) is 8.67. The van der Waals surface area contributed by atoms with Crippen LogP contribution >= 0.6 is 0 Å². The van der Waals surface area contributed by atoms with Crippen molar-refractivity contribution in [3.05, 3.63) is 83.8 Å². The highest BCUT2D eigenvalue weighted by atomic mass is 32.2. The van der Waals surface area contributed by atoms with E-state index in [9.17, 15) is 13.2 Å². The smallest absolute Gasteiger partial charge is 0.322 e. The molecule has 2 N–H and O–H groups in total. The second kappa shape index (κ2) is 10.1. The van der Waals surface area contributed by atoms with Crippen molar-refractivity contribution in [3.8, 4) is 0 Å². The number of hydrogen-bond acceptors (Lipinski definition) is 6. The SMILES string of the molecule is CC(C)(C)c1ccc(CN(Cc2cccc(NCC(=O)O)n2)S(=O)(=O)c2cccnc2)cc1. The van der Waals surface area contributed by atoms with Gasteiger partial charge in [-0.1, -0.05) is 51.1 Å². The fourth-order valence-electron chi connectivity index (χ4n) is 3.20. The third-order valence-electron chi connectivity index (χ3n) is 5.02. The minimum absolute atomic E-state index is 0.00663. The summed E-state index contributed by atoms with van der Waals surface area (Å²) in [6, 6.07) is 16.0. The van der Waals surface area contributed by atoms with Gasteiger partial charge in [-0.2, -0.15) is 4.31 Å². The Morgan fingerprint density at radius 2 is 1.76 bits per heavy atom. The highest BCUT2D eigenvalue weighted by molar-refractivity contribution is 7.89. The van der Waals surface area contributed by atoms with Gasteiger partial charge in [-0.15, -0.1) is 0 Å². The zero-order valence-corrected chi connectivity index (χ0v) is 19.7. The molecule has 0 atom stereocenters. The first-order chi connectivity index (χ1) is 15.6. The molecule has 0 aliphatic carbocycles. The molecule has 0 amide bonds. The van der Waals surface area contributed by atoms with Crippen LogP contribution in [0.1, 0.15) is 37.6 Å². The molecule has 0 aliphatic rings. The summed E-state index contributed by atoms with van der Waals surface area (Å²) in [6.45, 7) is 6.25. The van der Waals surface area contributed by atoms with E-state index in [4.69, 9.17) is 5.11 Å². The molecule has 0 saturated carbocycles. The molecular weight excluding hydrogens is 440 g/mol. The summed E-state index contributed by atoms with van der Waals surface area (Å²) in [7, 11) is -3.86. The predicted octanol–water partition coefficient (Wildman–Crippen LogP) is 3.66. The second-order valence-corrected chi connectivity index (χ2v) is 10.6. The number of aliphatic carboxylic acids is 1. The Morgan fingerprint density at radius 3 is 2.36 bits per heavy atom. The van der Waals surface area contributed by atoms with Gasteiger partial charge in [0, 0.05) is 18.9 Å². The van der Waals surface area contributed by atoms with Crippen LogP contribution in [0.2, 0.25) is 0 Å². The maximum absolute atomic E-state index is 13.4. The first-order valence-corrected chi connectivity index (χ1v) is 11.9. The molecule has 0 aliphatic heterocycles. The number of benzene rings is 1. The van der Waals surface area contributed by atoms with Crippen LogP contribution in [-0.2, 0) is 33.3 Å². The van der Waals surface area contributed by atoms with Crippen molar-refractivity contribution in [1.29, 1.82) is 0 Å². The van der Waals surface area contributed by atoms with E-state index in [-0.39, 0.29) is 29.9 Å². The Morgan fingerprint density at radius 1 is 1.03 bits per heavy atom. The summed E-state index contributed by atoms with van der Waals surface area (Å²) in [5, 5.41) is 11.6. The lowest BCUT2D eigenvalue weighted by Crippen LogP contribution is -2.31. The third-order valence-corrected chi connectivity index (χ3v) is 6.79. The normalized spacial score (nSPS) is 12.0. The Kier molecular flexibility index (Phi) is 7.45. The quantitative estimate of drug-likeness (QED) is 0.493. The Bertz CT molecular complexity index is 1190. The minimum atomic E-state index is -3.86. The van der Waals surface area contributed by atoms with Gasteiger partial charge in [-0.25, -0.2) is 13.4 Å². The number of carbonyl (C=O) groups is 1. The van der Waals surface area contributed by atoms with E-state index >= 15 is 0 Å². The largest absolute Gasteiger partial charge is 0.480 e. The molecular formula is C24H28N4O4S. The lowest BCUT2D eigenvalue weighted by molar-refractivity contribution is -0.134. The van der Waals surface area contributed by atoms with Crippen LogP contribution in [-0.4, -0.2) is 40.3 Å². The summed E-state index contributed by atoms with van der Waals surface area (Å²) in [4.78, 5) is 19.3. The first kappa shape index (κ1) is 24.3. The monoisotopic (exact) mass is 468 g/mol. The third kappa shape index (κ3) is 6.59. The Hall–Kier alpha value is -3.30. The van der Waals surface area contributed by atoms with Crippen molar-refractivity contribution in [2.24, 2.45) is 0 Å². The van der Waals surface area contributed by atoms with Gasteiger partial charge in [0.25, 0.3) is 0 Å². The molecule has 0 saturated heterocycles. The molecule has 0 unspecified atom stereocenters. The molecule has 8 nitrogen and oxygen atoms in total. The summed E-state index contributed by atoms with van der Waals surface area (Å²) >= 11 is 0. The maximum atomic E-state index is 13.4. The lowest BCUT2D eigenvalue weighted by Gasteiger charge is -2.23. The van der Waals surface area contributed by atoms with E-state index in [1.54, 1.807) is 24.3 Å². The Labute approximate surface area is 194 Å². The van der Waals surface area contributed by atoms with Gasteiger partial charge in [0.05, 0.1) is 12.2 Å². The van der Waals surface area contributed by atoms with Crippen LogP contribution in [0, 0.1) is 0 Å². The molecule has 3 aromatic rings. The van der Waals surface area contributed by atoms with Crippen molar-refractivity contribution in [3.63, 3.8) is 0 Å². The summed E-state index contributed by atoms with van der Waals surface area (Å²) in [5.74, 6) is -0.648. The van der Waals surface area contributed by atoms with Crippen LogP contribution in [0.4, 0.5) is 5.82 Å². The summed E-state index contributed by atoms with van der Waals surface area (Å²) < 4.78 is 28.2. The van der Waals surface area contributed by atoms with Crippen LogP contribution in [0.25, 0.3) is 0 Å². The molecule has 9 heteroatoms. The number of nitrogens with zero attached hydrogens (tertiary/aromatic N) is 3. The van der Waals surface area contributed by atoms with E-state index in [0.717, 1.165) is 11.1 Å². The molecule has 1 aromatic carbocycles. The molecule has 0 bridgehead atoms. The van der Waals surface area contributed by atoms with Crippen molar-refractivity contribution in [2.75, 3.05) is 11.9 Å². The van der Waals surface area contributed by atoms with Gasteiger partial charge in [0.15, 0.2) is 0 Å². The average molecular weight is 469 g/mol. The highest BCUT2D eigenvalue weighted by Crippen LogP contribution is 2.24. The highest BCUT2D eigenvalue weighted by Gasteiger charge is 2.26. The van der Waals surface area contributed by atoms with Gasteiger partial charge in [-0.3, -0.25) is 9.78 Å². The molecule has 0 radical (unpaired) electrons. The van der Waals surface area contributed by atoms with Gasteiger partial charge in [-0.05, 0) is 40.8 Å². The van der Waals surface area contributed by atoms with Crippen molar-refractivity contribution in [2.45, 2.75) is 44.2 Å². The van der Waals surface area contributed by atoms with Crippen molar-refractivity contribution in [1.82, 2.24) is 14.3 Å². The molecule has 0 fully saturated rings. The van der Waals surface area contributed by atoms with Crippen LogP contribution in [0.3, 0.4) is 0 Å². The molecule has 174 valence electrons. The minimum Gasteiger partial charge on any atom is -0.480 e. The van der Waals surface area contributed by atoms with Gasteiger partial charge in [0.2, 0.25) is 10.0 Å². The van der Waals surface area contributed by atoms with Gasteiger partial charge >= 0.3 is 5.97 Å². The molecule has 2 heterocycles. The number of hydrogen-bond donors (Lipinski definition) is 2. The van der Waals surface area contributed by atoms with Crippen LogP contribution in [0.15, 0.2) is 71.9 Å². The fourth-order valence-corrected chi connectivity index (χ4v) is 4.57. The fraction of sp³-hybridized carbons (Fsp3) is 0.292. The zero-order valence-electron chi connectivity index (χ0n) is 18.9. The zero-order chi connectivity index (χ0) is 24.1. The predicted molar refractivity (Wildman–Crippen MR) is 126 cm³/mol. The number of anilines is 1. The molecule has 3 rings (SSSR count). The average Bonchev–Trinajstić information content (AvgIpc) is 2.78. The van der Waals surface area contributed by atoms with E-state index in [1.165, 1.54) is 22.8 Å². The maximum Gasteiger partial charge on any atom is 0.322 e. The van der Waals surface area contributed by atoms with E-state index in [1.807, 2.05) is 24.3 Å². The number of carboxylic acids is 1. The van der Waals surface area contributed by atoms with E-state index in [0.29, 0.717) is 11.5 Å². The number of nitrogens with one attached hydrogen (secondary N) is 1. The van der Waals surface area contributed by atoms with Gasteiger partial charge in [0.1, 0.15) is 17.3 Å². The molecule has 33 heavy (non-hydrogen) atoms. The topological polar surface area (TPSA) is 112 Å². The van der Waals surface area contributed by atoms with E-state index in [2.05, 4.69) is 36.1 Å². The first-order valence-electron chi connectivity index (χ1n) is 10.5. The molecule has 2 aromatic heterocycles. The summed E-state index contributed by atoms with van der Waals surface area (Å²) in [5.41, 5.74) is 2.49. The van der Waals surface area contributed by atoms with Crippen LogP contribution in [0.5, 0.6) is 0 Å². The number of carboxylic acid groups (broad SMARTS) is 1. The molecule has 0 spiro atoms.